The van der Waals surface area contributed by atoms with E-state index in [-0.39, 0.29) is 0 Å². The molecule has 0 radical (unpaired) electrons. The third-order valence-electron chi connectivity index (χ3n) is 2.77. The van der Waals surface area contributed by atoms with Gasteiger partial charge in [0, 0.05) is 10.6 Å². The van der Waals surface area contributed by atoms with Crippen LogP contribution in [-0.2, 0) is 6.61 Å². The Kier molecular flexibility index (Phi) is 4.91. The molecule has 0 bridgehead atoms. The van der Waals surface area contributed by atoms with Gasteiger partial charge in [0.25, 0.3) is 0 Å². The Morgan fingerprint density at radius 3 is 2.60 bits per heavy atom. The normalized spacial score (nSPS) is 10.0. The van der Waals surface area contributed by atoms with Gasteiger partial charge in [-0.3, -0.25) is 0 Å². The van der Waals surface area contributed by atoms with Gasteiger partial charge in [0.05, 0.1) is 0 Å². The van der Waals surface area contributed by atoms with Crippen molar-refractivity contribution in [2.24, 2.45) is 0 Å². The number of ether oxygens (including phenoxy) is 1. The number of nitrogens with two attached hydrogens (primary N) is 1. The topological polar surface area (TPSA) is 59.0 Å². The first kappa shape index (κ1) is 14.3. The van der Waals surface area contributed by atoms with Crippen LogP contribution in [0.3, 0.4) is 0 Å². The summed E-state index contributed by atoms with van der Waals surface area (Å²) < 4.78 is 5.76. The summed E-state index contributed by atoms with van der Waals surface area (Å²) in [6, 6.07) is 15.4. The molecular formula is C16H16N2OS. The fraction of sp³-hybridized carbons (Fsp3) is 0.188. The largest absolute Gasteiger partial charge is 0.487 e. The summed E-state index contributed by atoms with van der Waals surface area (Å²) >= 11 is 1.65. The molecule has 2 aromatic rings. The van der Waals surface area contributed by atoms with E-state index >= 15 is 0 Å². The molecule has 0 atom stereocenters. The van der Waals surface area contributed by atoms with E-state index in [4.69, 9.17) is 10.5 Å². The molecule has 2 rings (SSSR count). The van der Waals surface area contributed by atoms with Gasteiger partial charge in [0.15, 0.2) is 0 Å². The number of hydrogen-bond donors (Lipinski definition) is 1. The van der Waals surface area contributed by atoms with E-state index in [1.165, 1.54) is 0 Å². The Balaban J connectivity index is 2.15. The van der Waals surface area contributed by atoms with Gasteiger partial charge in [0.1, 0.15) is 24.0 Å². The molecule has 4 heteroatoms. The van der Waals surface area contributed by atoms with Crippen LogP contribution in [0.4, 0.5) is 5.69 Å². The first-order valence-corrected chi connectivity index (χ1v) is 7.36. The van der Waals surface area contributed by atoms with Gasteiger partial charge >= 0.3 is 0 Å². The average Bonchev–Trinajstić information content (AvgIpc) is 2.47. The Bertz CT molecular complexity index is 617. The predicted octanol–water partition coefficient (Wildman–Crippen LogP) is 3.83. The van der Waals surface area contributed by atoms with Gasteiger partial charge in [-0.1, -0.05) is 25.1 Å². The number of thioether (sulfide) groups is 1. The average molecular weight is 284 g/mol. The van der Waals surface area contributed by atoms with E-state index in [9.17, 15) is 5.26 Å². The van der Waals surface area contributed by atoms with Crippen LogP contribution >= 0.6 is 11.8 Å². The minimum atomic E-state index is 0.426. The van der Waals surface area contributed by atoms with Gasteiger partial charge in [-0.05, 0) is 35.6 Å². The number of anilines is 1. The van der Waals surface area contributed by atoms with Crippen molar-refractivity contribution in [1.82, 2.24) is 0 Å². The molecule has 0 aliphatic carbocycles. The minimum Gasteiger partial charge on any atom is -0.487 e. The summed E-state index contributed by atoms with van der Waals surface area (Å²) in [5.74, 6) is 1.55. The van der Waals surface area contributed by atoms with Crippen molar-refractivity contribution in [2.75, 3.05) is 11.5 Å². The van der Waals surface area contributed by atoms with Crippen molar-refractivity contribution >= 4 is 17.4 Å². The summed E-state index contributed by atoms with van der Waals surface area (Å²) in [6.45, 7) is 2.49. The molecule has 2 N–H and O–H groups in total. The zero-order valence-electron chi connectivity index (χ0n) is 11.3. The first-order chi connectivity index (χ1) is 9.74. The van der Waals surface area contributed by atoms with Crippen molar-refractivity contribution in [3.63, 3.8) is 0 Å². The molecule has 0 aliphatic heterocycles. The summed E-state index contributed by atoms with van der Waals surface area (Å²) in [4.78, 5) is 0.963. The molecule has 0 saturated heterocycles. The van der Waals surface area contributed by atoms with E-state index in [1.54, 1.807) is 11.8 Å². The quantitative estimate of drug-likeness (QED) is 0.669. The lowest BCUT2D eigenvalue weighted by atomic mass is 10.2. The highest BCUT2D eigenvalue weighted by Gasteiger charge is 2.09. The van der Waals surface area contributed by atoms with Crippen LogP contribution in [0.2, 0.25) is 0 Å². The van der Waals surface area contributed by atoms with Crippen LogP contribution in [0, 0.1) is 11.3 Å². The van der Waals surface area contributed by atoms with Gasteiger partial charge < -0.3 is 10.5 Å². The fourth-order valence-corrected chi connectivity index (χ4v) is 2.57. The molecule has 20 heavy (non-hydrogen) atoms. The number of rotatable bonds is 5. The first-order valence-electron chi connectivity index (χ1n) is 6.37. The lowest BCUT2D eigenvalue weighted by Gasteiger charge is -2.10. The van der Waals surface area contributed by atoms with Crippen LogP contribution < -0.4 is 10.5 Å². The standard InChI is InChI=1S/C16H16N2OS/c1-2-20-16-5-3-4-15(14(16)10-17)19-11-12-6-8-13(18)9-7-12/h3-9H,2,11,18H2,1H3. The van der Waals surface area contributed by atoms with E-state index in [0.29, 0.717) is 17.9 Å². The number of nitrogens with zero attached hydrogens (tertiary/aromatic N) is 1. The maximum absolute atomic E-state index is 9.30. The summed E-state index contributed by atoms with van der Waals surface area (Å²) in [6.07, 6.45) is 0. The maximum atomic E-state index is 9.30. The Labute approximate surface area is 123 Å². The zero-order chi connectivity index (χ0) is 14.4. The molecule has 0 aliphatic rings. The second-order valence-corrected chi connectivity index (χ2v) is 5.51. The summed E-state index contributed by atoms with van der Waals surface area (Å²) in [5, 5.41) is 9.30. The molecule has 0 aromatic heterocycles. The summed E-state index contributed by atoms with van der Waals surface area (Å²) in [5.41, 5.74) is 8.01. The molecule has 0 fully saturated rings. The molecule has 102 valence electrons. The minimum absolute atomic E-state index is 0.426. The number of hydrogen-bond acceptors (Lipinski definition) is 4. The SMILES string of the molecule is CCSc1cccc(OCc2ccc(N)cc2)c1C#N. The van der Waals surface area contributed by atoms with Crippen LogP contribution in [0.1, 0.15) is 18.1 Å². The fourth-order valence-electron chi connectivity index (χ4n) is 1.79. The van der Waals surface area contributed by atoms with Crippen molar-refractivity contribution in [2.45, 2.75) is 18.4 Å². The molecular weight excluding hydrogens is 268 g/mol. The highest BCUT2D eigenvalue weighted by Crippen LogP contribution is 2.29. The van der Waals surface area contributed by atoms with Gasteiger partial charge in [-0.25, -0.2) is 0 Å². The lowest BCUT2D eigenvalue weighted by molar-refractivity contribution is 0.304. The highest BCUT2D eigenvalue weighted by molar-refractivity contribution is 7.99. The second-order valence-electron chi connectivity index (χ2n) is 4.20. The molecule has 0 spiro atoms. The van der Waals surface area contributed by atoms with Crippen molar-refractivity contribution in [3.05, 3.63) is 53.6 Å². The summed E-state index contributed by atoms with van der Waals surface area (Å²) in [7, 11) is 0. The molecule has 0 unspecified atom stereocenters. The molecule has 0 heterocycles. The van der Waals surface area contributed by atoms with Crippen LogP contribution in [-0.4, -0.2) is 5.75 Å². The van der Waals surface area contributed by atoms with E-state index in [2.05, 4.69) is 13.0 Å². The van der Waals surface area contributed by atoms with Crippen molar-refractivity contribution < 1.29 is 4.74 Å². The number of nitrogen functional groups attached to an aromatic ring is 1. The van der Waals surface area contributed by atoms with Gasteiger partial charge in [-0.15, -0.1) is 11.8 Å². The molecule has 2 aromatic carbocycles. The Hall–Kier alpha value is -2.12. The number of nitriles is 1. The monoisotopic (exact) mass is 284 g/mol. The second kappa shape index (κ2) is 6.88. The third kappa shape index (κ3) is 3.46. The molecule has 3 nitrogen and oxygen atoms in total. The van der Waals surface area contributed by atoms with Crippen LogP contribution in [0.5, 0.6) is 5.75 Å². The van der Waals surface area contributed by atoms with Gasteiger partial charge in [-0.2, -0.15) is 5.26 Å². The molecule has 0 amide bonds. The third-order valence-corrected chi connectivity index (χ3v) is 3.71. The zero-order valence-corrected chi connectivity index (χ0v) is 12.1. The smallest absolute Gasteiger partial charge is 0.138 e. The van der Waals surface area contributed by atoms with E-state index in [1.807, 2.05) is 42.5 Å². The highest BCUT2D eigenvalue weighted by atomic mass is 32.2. The lowest BCUT2D eigenvalue weighted by Crippen LogP contribution is -1.98. The van der Waals surface area contributed by atoms with Crippen LogP contribution in [0.25, 0.3) is 0 Å². The Morgan fingerprint density at radius 1 is 1.20 bits per heavy atom. The Morgan fingerprint density at radius 2 is 1.95 bits per heavy atom. The maximum Gasteiger partial charge on any atom is 0.138 e. The van der Waals surface area contributed by atoms with Crippen molar-refractivity contribution in [1.29, 1.82) is 5.26 Å². The number of benzene rings is 2. The molecule has 0 saturated carbocycles. The van der Waals surface area contributed by atoms with E-state index < -0.39 is 0 Å². The van der Waals surface area contributed by atoms with Crippen molar-refractivity contribution in [3.8, 4) is 11.8 Å². The van der Waals surface area contributed by atoms with Crippen LogP contribution in [0.15, 0.2) is 47.4 Å². The van der Waals surface area contributed by atoms with E-state index in [0.717, 1.165) is 21.9 Å². The predicted molar refractivity (Wildman–Crippen MR) is 82.7 cm³/mol. The van der Waals surface area contributed by atoms with Gasteiger partial charge in [0.2, 0.25) is 0 Å².